The Labute approximate surface area is 102 Å². The molecular weight excluding hydrogens is 222 g/mol. The second-order valence-electron chi connectivity index (χ2n) is 3.92. The van der Waals surface area contributed by atoms with Crippen LogP contribution in [-0.2, 0) is 4.74 Å². The van der Waals surface area contributed by atoms with E-state index in [4.69, 9.17) is 21.6 Å². The molecule has 3 heteroatoms. The minimum atomic E-state index is -0.0167. The fourth-order valence-electron chi connectivity index (χ4n) is 1.51. The summed E-state index contributed by atoms with van der Waals surface area (Å²) in [5.74, 6) is 0. The quantitative estimate of drug-likeness (QED) is 0.772. The fraction of sp³-hybridized carbons (Fsp3) is 0.462. The van der Waals surface area contributed by atoms with Gasteiger partial charge in [0.2, 0.25) is 0 Å². The second-order valence-corrected chi connectivity index (χ2v) is 4.36. The van der Waals surface area contributed by atoms with Gasteiger partial charge >= 0.3 is 0 Å². The Morgan fingerprint density at radius 1 is 1.31 bits per heavy atom. The van der Waals surface area contributed by atoms with Crippen molar-refractivity contribution in [3.8, 4) is 6.07 Å². The van der Waals surface area contributed by atoms with Crippen molar-refractivity contribution in [3.63, 3.8) is 0 Å². The van der Waals surface area contributed by atoms with Gasteiger partial charge in [0.25, 0.3) is 0 Å². The maximum Gasteiger partial charge on any atom is 0.0838 e. The van der Waals surface area contributed by atoms with Crippen LogP contribution >= 0.6 is 11.6 Å². The molecule has 86 valence electrons. The Morgan fingerprint density at radius 3 is 2.44 bits per heavy atom. The van der Waals surface area contributed by atoms with Gasteiger partial charge in [-0.25, -0.2) is 0 Å². The number of halogens is 1. The first-order chi connectivity index (χ1) is 7.63. The second kappa shape index (κ2) is 6.52. The molecule has 0 aliphatic carbocycles. The van der Waals surface area contributed by atoms with E-state index in [9.17, 15) is 0 Å². The summed E-state index contributed by atoms with van der Waals surface area (Å²) in [6, 6.07) is 9.74. The smallest absolute Gasteiger partial charge is 0.0838 e. The van der Waals surface area contributed by atoms with Crippen LogP contribution in [0.15, 0.2) is 24.3 Å². The van der Waals surface area contributed by atoms with Gasteiger partial charge in [-0.1, -0.05) is 23.7 Å². The number of hydrogen-bond donors (Lipinski definition) is 0. The summed E-state index contributed by atoms with van der Waals surface area (Å²) in [5.41, 5.74) is 1.08. The van der Waals surface area contributed by atoms with Crippen LogP contribution in [0, 0.1) is 11.3 Å². The minimum Gasteiger partial charge on any atom is -0.371 e. The van der Waals surface area contributed by atoms with Crippen molar-refractivity contribution in [2.45, 2.75) is 38.9 Å². The summed E-state index contributed by atoms with van der Waals surface area (Å²) < 4.78 is 5.78. The minimum absolute atomic E-state index is 0.0167. The molecular formula is C13H16ClNO. The molecule has 0 fully saturated rings. The molecule has 1 aromatic carbocycles. The Kier molecular flexibility index (Phi) is 5.31. The van der Waals surface area contributed by atoms with Crippen molar-refractivity contribution in [3.05, 3.63) is 34.9 Å². The van der Waals surface area contributed by atoms with Crippen LogP contribution in [0.5, 0.6) is 0 Å². The van der Waals surface area contributed by atoms with Gasteiger partial charge in [-0.3, -0.25) is 0 Å². The largest absolute Gasteiger partial charge is 0.371 e. The molecule has 16 heavy (non-hydrogen) atoms. The maximum atomic E-state index is 8.61. The van der Waals surface area contributed by atoms with E-state index >= 15 is 0 Å². The highest BCUT2D eigenvalue weighted by molar-refractivity contribution is 6.30. The Bertz CT molecular complexity index is 353. The van der Waals surface area contributed by atoms with Crippen molar-refractivity contribution in [1.82, 2.24) is 0 Å². The Hall–Kier alpha value is -1.04. The average Bonchev–Trinajstić information content (AvgIpc) is 2.25. The van der Waals surface area contributed by atoms with Gasteiger partial charge in [-0.05, 0) is 38.0 Å². The lowest BCUT2D eigenvalue weighted by Crippen LogP contribution is -2.10. The van der Waals surface area contributed by atoms with Gasteiger partial charge in [0.05, 0.1) is 18.3 Å². The summed E-state index contributed by atoms with van der Waals surface area (Å²) in [6.45, 7) is 3.99. The number of nitriles is 1. The van der Waals surface area contributed by atoms with Crippen LogP contribution in [0.2, 0.25) is 5.02 Å². The first kappa shape index (κ1) is 13.0. The Balaban J connectivity index is 2.75. The van der Waals surface area contributed by atoms with Gasteiger partial charge < -0.3 is 4.74 Å². The van der Waals surface area contributed by atoms with Crippen LogP contribution in [0.3, 0.4) is 0 Å². The van der Waals surface area contributed by atoms with E-state index in [1.54, 1.807) is 0 Å². The molecule has 0 amide bonds. The summed E-state index contributed by atoms with van der Waals surface area (Å²) in [6.07, 6.45) is 1.35. The van der Waals surface area contributed by atoms with Crippen LogP contribution in [-0.4, -0.2) is 6.10 Å². The van der Waals surface area contributed by atoms with Crippen LogP contribution in [0.1, 0.15) is 38.4 Å². The zero-order valence-corrected chi connectivity index (χ0v) is 10.4. The topological polar surface area (TPSA) is 33.0 Å². The summed E-state index contributed by atoms with van der Waals surface area (Å²) in [7, 11) is 0. The first-order valence-corrected chi connectivity index (χ1v) is 5.79. The van der Waals surface area contributed by atoms with Crippen LogP contribution < -0.4 is 0 Å². The standard InChI is InChI=1S/C13H16ClNO/c1-10(2)16-13(4-3-9-15)11-5-7-12(14)8-6-11/h5-8,10,13H,3-4H2,1-2H3/t13-/m0/s1. The summed E-state index contributed by atoms with van der Waals surface area (Å²) in [5, 5.41) is 9.33. The molecule has 0 aliphatic rings. The van der Waals surface area contributed by atoms with Gasteiger partial charge in [0.15, 0.2) is 0 Å². The molecule has 0 bridgehead atoms. The van der Waals surface area contributed by atoms with Crippen LogP contribution in [0.25, 0.3) is 0 Å². The molecule has 0 heterocycles. The third-order valence-electron chi connectivity index (χ3n) is 2.20. The third kappa shape index (κ3) is 4.22. The van der Waals surface area contributed by atoms with Crippen molar-refractivity contribution in [2.75, 3.05) is 0 Å². The van der Waals surface area contributed by atoms with E-state index in [1.165, 1.54) is 0 Å². The molecule has 0 saturated carbocycles. The predicted molar refractivity (Wildman–Crippen MR) is 65.3 cm³/mol. The lowest BCUT2D eigenvalue weighted by atomic mass is 10.0. The number of nitrogens with zero attached hydrogens (tertiary/aromatic N) is 1. The van der Waals surface area contributed by atoms with E-state index in [2.05, 4.69) is 6.07 Å². The molecule has 0 spiro atoms. The van der Waals surface area contributed by atoms with Gasteiger partial charge in [0, 0.05) is 11.4 Å². The van der Waals surface area contributed by atoms with E-state index in [1.807, 2.05) is 38.1 Å². The van der Waals surface area contributed by atoms with Crippen LogP contribution in [0.4, 0.5) is 0 Å². The highest BCUT2D eigenvalue weighted by atomic mass is 35.5. The lowest BCUT2D eigenvalue weighted by molar-refractivity contribution is 0.00251. The zero-order chi connectivity index (χ0) is 12.0. The predicted octanol–water partition coefficient (Wildman–Crippen LogP) is 4.11. The van der Waals surface area contributed by atoms with Gasteiger partial charge in [-0.2, -0.15) is 5.26 Å². The number of ether oxygens (including phenoxy) is 1. The molecule has 1 aromatic rings. The highest BCUT2D eigenvalue weighted by Crippen LogP contribution is 2.25. The van der Waals surface area contributed by atoms with Crippen molar-refractivity contribution in [1.29, 1.82) is 5.26 Å². The van der Waals surface area contributed by atoms with E-state index in [0.29, 0.717) is 11.4 Å². The fourth-order valence-corrected chi connectivity index (χ4v) is 1.64. The number of hydrogen-bond acceptors (Lipinski definition) is 2. The zero-order valence-electron chi connectivity index (χ0n) is 9.61. The van der Waals surface area contributed by atoms with E-state index < -0.39 is 0 Å². The van der Waals surface area contributed by atoms with Crippen molar-refractivity contribution in [2.24, 2.45) is 0 Å². The molecule has 0 aliphatic heterocycles. The average molecular weight is 238 g/mol. The number of rotatable bonds is 5. The Morgan fingerprint density at radius 2 is 1.94 bits per heavy atom. The normalized spacial score (nSPS) is 12.4. The molecule has 1 rings (SSSR count). The third-order valence-corrected chi connectivity index (χ3v) is 2.45. The SMILES string of the molecule is CC(C)O[C@@H](CCC#N)c1ccc(Cl)cc1. The van der Waals surface area contributed by atoms with Crippen molar-refractivity contribution < 1.29 is 4.74 Å². The highest BCUT2D eigenvalue weighted by Gasteiger charge is 2.13. The molecule has 1 atom stereocenters. The molecule has 0 unspecified atom stereocenters. The van der Waals surface area contributed by atoms with Gasteiger partial charge in [-0.15, -0.1) is 0 Å². The first-order valence-electron chi connectivity index (χ1n) is 5.41. The number of benzene rings is 1. The molecule has 0 saturated heterocycles. The summed E-state index contributed by atoms with van der Waals surface area (Å²) >= 11 is 5.83. The molecule has 0 aromatic heterocycles. The molecule has 2 nitrogen and oxygen atoms in total. The van der Waals surface area contributed by atoms with E-state index in [0.717, 1.165) is 12.0 Å². The van der Waals surface area contributed by atoms with E-state index in [-0.39, 0.29) is 12.2 Å². The van der Waals surface area contributed by atoms with Crippen molar-refractivity contribution >= 4 is 11.6 Å². The molecule has 0 N–H and O–H groups in total. The monoisotopic (exact) mass is 237 g/mol. The summed E-state index contributed by atoms with van der Waals surface area (Å²) in [4.78, 5) is 0. The maximum absolute atomic E-state index is 8.61. The van der Waals surface area contributed by atoms with Gasteiger partial charge in [0.1, 0.15) is 0 Å². The lowest BCUT2D eigenvalue weighted by Gasteiger charge is -2.20. The molecule has 0 radical (unpaired) electrons.